The van der Waals surface area contributed by atoms with Gasteiger partial charge in [-0.3, -0.25) is 4.90 Å². The zero-order chi connectivity index (χ0) is 13.9. The average molecular weight is 283 g/mol. The van der Waals surface area contributed by atoms with Gasteiger partial charge in [0.15, 0.2) is 0 Å². The summed E-state index contributed by atoms with van der Waals surface area (Å²) in [4.78, 5) is 4.51. The van der Waals surface area contributed by atoms with Gasteiger partial charge in [0.1, 0.15) is 9.84 Å². The maximum atomic E-state index is 11.1. The van der Waals surface area contributed by atoms with Crippen molar-refractivity contribution in [2.24, 2.45) is 0 Å². The largest absolute Gasteiger partial charge is 0.399 e. The van der Waals surface area contributed by atoms with Crippen LogP contribution in [0.5, 0.6) is 0 Å². The third-order valence-electron chi connectivity index (χ3n) is 3.41. The summed E-state index contributed by atoms with van der Waals surface area (Å²) >= 11 is 0. The number of nitrogen functional groups attached to an aromatic ring is 1. The number of benzene rings is 1. The molecule has 1 aliphatic rings. The summed E-state index contributed by atoms with van der Waals surface area (Å²) in [6.45, 7) is 4.29. The van der Waals surface area contributed by atoms with Crippen molar-refractivity contribution in [1.82, 2.24) is 4.90 Å². The molecular formula is C13H21N3O2S. The van der Waals surface area contributed by atoms with Gasteiger partial charge in [0, 0.05) is 50.4 Å². The Balaban J connectivity index is 1.84. The fourth-order valence-corrected chi connectivity index (χ4v) is 2.80. The predicted molar refractivity (Wildman–Crippen MR) is 79.2 cm³/mol. The number of piperazine rings is 1. The summed E-state index contributed by atoms with van der Waals surface area (Å²) in [5, 5.41) is 0. The van der Waals surface area contributed by atoms with E-state index in [4.69, 9.17) is 5.73 Å². The normalized spacial score (nSPS) is 17.6. The molecule has 0 spiro atoms. The summed E-state index contributed by atoms with van der Waals surface area (Å²) in [5.74, 6) is 0.245. The average Bonchev–Trinajstić information content (AvgIpc) is 2.37. The molecule has 1 saturated heterocycles. The predicted octanol–water partition coefficient (Wildman–Crippen LogP) is 0.435. The molecule has 1 aliphatic heterocycles. The first-order valence-corrected chi connectivity index (χ1v) is 8.51. The fraction of sp³-hybridized carbons (Fsp3) is 0.538. The number of hydrogen-bond acceptors (Lipinski definition) is 5. The van der Waals surface area contributed by atoms with E-state index in [1.807, 2.05) is 24.3 Å². The molecule has 0 amide bonds. The Labute approximate surface area is 114 Å². The van der Waals surface area contributed by atoms with Crippen molar-refractivity contribution in [2.45, 2.75) is 0 Å². The van der Waals surface area contributed by atoms with Gasteiger partial charge in [-0.15, -0.1) is 0 Å². The number of hydrogen-bond donors (Lipinski definition) is 1. The molecule has 19 heavy (non-hydrogen) atoms. The molecule has 1 aromatic rings. The number of nitrogens with zero attached hydrogens (tertiary/aromatic N) is 2. The van der Waals surface area contributed by atoms with Gasteiger partial charge in [0.05, 0.1) is 5.75 Å². The van der Waals surface area contributed by atoms with Crippen molar-refractivity contribution in [2.75, 3.05) is 55.4 Å². The van der Waals surface area contributed by atoms with Crippen LogP contribution in [-0.2, 0) is 9.84 Å². The molecule has 0 radical (unpaired) electrons. The Bertz CT molecular complexity index is 505. The SMILES string of the molecule is CS(=O)(=O)CCN1CCN(c2ccc(N)cc2)CC1. The molecule has 0 atom stereocenters. The van der Waals surface area contributed by atoms with Crippen LogP contribution in [0.25, 0.3) is 0 Å². The number of rotatable bonds is 4. The monoisotopic (exact) mass is 283 g/mol. The van der Waals surface area contributed by atoms with Crippen LogP contribution in [-0.4, -0.2) is 58.1 Å². The Kier molecular flexibility index (Phi) is 4.31. The molecular weight excluding hydrogens is 262 g/mol. The maximum Gasteiger partial charge on any atom is 0.148 e. The van der Waals surface area contributed by atoms with E-state index in [9.17, 15) is 8.42 Å². The molecule has 106 valence electrons. The van der Waals surface area contributed by atoms with Crippen LogP contribution in [0.4, 0.5) is 11.4 Å². The Hall–Kier alpha value is -1.27. The summed E-state index contributed by atoms with van der Waals surface area (Å²) in [6.07, 6.45) is 1.29. The van der Waals surface area contributed by atoms with Crippen molar-refractivity contribution in [1.29, 1.82) is 0 Å². The lowest BCUT2D eigenvalue weighted by molar-refractivity contribution is 0.272. The third kappa shape index (κ3) is 4.40. The van der Waals surface area contributed by atoms with Gasteiger partial charge in [0.2, 0.25) is 0 Å². The first-order chi connectivity index (χ1) is 8.94. The van der Waals surface area contributed by atoms with E-state index in [0.717, 1.165) is 31.9 Å². The molecule has 0 aliphatic carbocycles. The highest BCUT2D eigenvalue weighted by molar-refractivity contribution is 7.90. The van der Waals surface area contributed by atoms with E-state index in [0.29, 0.717) is 6.54 Å². The Morgan fingerprint density at radius 3 is 2.21 bits per heavy atom. The zero-order valence-corrected chi connectivity index (χ0v) is 12.1. The summed E-state index contributed by atoms with van der Waals surface area (Å²) in [6, 6.07) is 7.87. The molecule has 2 N–H and O–H groups in total. The lowest BCUT2D eigenvalue weighted by Crippen LogP contribution is -2.47. The second-order valence-corrected chi connectivity index (χ2v) is 7.31. The molecule has 1 aromatic carbocycles. The minimum atomic E-state index is -2.86. The van der Waals surface area contributed by atoms with Crippen LogP contribution in [0, 0.1) is 0 Å². The van der Waals surface area contributed by atoms with Crippen LogP contribution >= 0.6 is 0 Å². The van der Waals surface area contributed by atoms with Gasteiger partial charge in [-0.1, -0.05) is 0 Å². The van der Waals surface area contributed by atoms with Crippen molar-refractivity contribution in [3.63, 3.8) is 0 Å². The van der Waals surface area contributed by atoms with Crippen molar-refractivity contribution in [3.8, 4) is 0 Å². The number of nitrogens with two attached hydrogens (primary N) is 1. The highest BCUT2D eigenvalue weighted by Gasteiger charge is 2.17. The van der Waals surface area contributed by atoms with Gasteiger partial charge in [-0.25, -0.2) is 8.42 Å². The molecule has 1 heterocycles. The zero-order valence-electron chi connectivity index (χ0n) is 11.2. The van der Waals surface area contributed by atoms with E-state index in [1.165, 1.54) is 11.9 Å². The maximum absolute atomic E-state index is 11.1. The Morgan fingerprint density at radius 2 is 1.68 bits per heavy atom. The molecule has 0 bridgehead atoms. The van der Waals surface area contributed by atoms with Crippen LogP contribution in [0.1, 0.15) is 0 Å². The van der Waals surface area contributed by atoms with E-state index in [1.54, 1.807) is 0 Å². The van der Waals surface area contributed by atoms with Crippen LogP contribution in [0.2, 0.25) is 0 Å². The van der Waals surface area contributed by atoms with E-state index >= 15 is 0 Å². The fourth-order valence-electron chi connectivity index (χ4n) is 2.21. The molecule has 5 nitrogen and oxygen atoms in total. The lowest BCUT2D eigenvalue weighted by atomic mass is 10.2. The van der Waals surface area contributed by atoms with Gasteiger partial charge < -0.3 is 10.6 Å². The minimum absolute atomic E-state index is 0.245. The summed E-state index contributed by atoms with van der Waals surface area (Å²) in [7, 11) is -2.86. The summed E-state index contributed by atoms with van der Waals surface area (Å²) in [5.41, 5.74) is 7.63. The summed E-state index contributed by atoms with van der Waals surface area (Å²) < 4.78 is 22.3. The molecule has 2 rings (SSSR count). The smallest absolute Gasteiger partial charge is 0.148 e. The first kappa shape index (κ1) is 14.1. The van der Waals surface area contributed by atoms with E-state index in [2.05, 4.69) is 9.80 Å². The molecule has 0 saturated carbocycles. The second kappa shape index (κ2) is 5.79. The first-order valence-electron chi connectivity index (χ1n) is 6.45. The topological polar surface area (TPSA) is 66.6 Å². The quantitative estimate of drug-likeness (QED) is 0.812. The second-order valence-electron chi connectivity index (χ2n) is 5.05. The number of anilines is 2. The highest BCUT2D eigenvalue weighted by Crippen LogP contribution is 2.17. The minimum Gasteiger partial charge on any atom is -0.399 e. The van der Waals surface area contributed by atoms with Crippen molar-refractivity contribution in [3.05, 3.63) is 24.3 Å². The van der Waals surface area contributed by atoms with Crippen molar-refractivity contribution < 1.29 is 8.42 Å². The highest BCUT2D eigenvalue weighted by atomic mass is 32.2. The van der Waals surface area contributed by atoms with Crippen LogP contribution in [0.3, 0.4) is 0 Å². The standard InChI is InChI=1S/C13H21N3O2S/c1-19(17,18)11-10-15-6-8-16(9-7-15)13-4-2-12(14)3-5-13/h2-5H,6-11,14H2,1H3. The van der Waals surface area contributed by atoms with Gasteiger partial charge in [0.25, 0.3) is 0 Å². The third-order valence-corrected chi connectivity index (χ3v) is 4.33. The van der Waals surface area contributed by atoms with Gasteiger partial charge >= 0.3 is 0 Å². The number of sulfone groups is 1. The van der Waals surface area contributed by atoms with Gasteiger partial charge in [-0.2, -0.15) is 0 Å². The molecule has 1 fully saturated rings. The van der Waals surface area contributed by atoms with E-state index < -0.39 is 9.84 Å². The Morgan fingerprint density at radius 1 is 1.11 bits per heavy atom. The molecule has 0 aromatic heterocycles. The molecule has 6 heteroatoms. The molecule has 0 unspecified atom stereocenters. The van der Waals surface area contributed by atoms with E-state index in [-0.39, 0.29) is 5.75 Å². The van der Waals surface area contributed by atoms with Crippen molar-refractivity contribution >= 4 is 21.2 Å². The van der Waals surface area contributed by atoms with Gasteiger partial charge in [-0.05, 0) is 24.3 Å². The lowest BCUT2D eigenvalue weighted by Gasteiger charge is -2.36. The van der Waals surface area contributed by atoms with Crippen LogP contribution < -0.4 is 10.6 Å². The van der Waals surface area contributed by atoms with Crippen LogP contribution in [0.15, 0.2) is 24.3 Å².